The average Bonchev–Trinajstić information content (AvgIpc) is 2.29. The fourth-order valence-corrected chi connectivity index (χ4v) is 2.12. The number of benzene rings is 1. The summed E-state index contributed by atoms with van der Waals surface area (Å²) in [6.45, 7) is 8.54. The highest BCUT2D eigenvalue weighted by molar-refractivity contribution is 5.32. The van der Waals surface area contributed by atoms with Crippen LogP contribution in [0.15, 0.2) is 24.3 Å². The summed E-state index contributed by atoms with van der Waals surface area (Å²) in [5.41, 5.74) is 2.88. The number of nitriles is 1. The Hall–Kier alpha value is -1.33. The molecule has 0 saturated carbocycles. The van der Waals surface area contributed by atoms with Crippen molar-refractivity contribution in [3.8, 4) is 6.07 Å². The van der Waals surface area contributed by atoms with Crippen molar-refractivity contribution in [2.75, 3.05) is 13.1 Å². The molecule has 0 amide bonds. The lowest BCUT2D eigenvalue weighted by Gasteiger charge is -2.27. The molecule has 0 bridgehead atoms. The molecule has 1 N–H and O–H groups in total. The van der Waals surface area contributed by atoms with Gasteiger partial charge >= 0.3 is 0 Å². The van der Waals surface area contributed by atoms with Gasteiger partial charge in [-0.2, -0.15) is 5.26 Å². The van der Waals surface area contributed by atoms with Crippen LogP contribution in [0.2, 0.25) is 0 Å². The predicted molar refractivity (Wildman–Crippen MR) is 71.9 cm³/mol. The molecule has 0 saturated heterocycles. The van der Waals surface area contributed by atoms with E-state index in [4.69, 9.17) is 5.26 Å². The fraction of sp³-hybridized carbons (Fsp3) is 0.533. The molecule has 0 spiro atoms. The van der Waals surface area contributed by atoms with Gasteiger partial charge in [-0.15, -0.1) is 0 Å². The van der Waals surface area contributed by atoms with Gasteiger partial charge in [-0.1, -0.05) is 38.1 Å². The Bertz CT molecular complexity index is 388. The van der Waals surface area contributed by atoms with Crippen molar-refractivity contribution in [3.05, 3.63) is 35.4 Å². The van der Waals surface area contributed by atoms with Crippen LogP contribution in [0.5, 0.6) is 0 Å². The number of hydrogen-bond donors (Lipinski definition) is 1. The summed E-state index contributed by atoms with van der Waals surface area (Å²) in [4.78, 5) is 0. The summed E-state index contributed by atoms with van der Waals surface area (Å²) in [5.74, 6) is 0. The summed E-state index contributed by atoms with van der Waals surface area (Å²) in [6, 6.07) is 10.7. The van der Waals surface area contributed by atoms with Crippen molar-refractivity contribution >= 4 is 0 Å². The largest absolute Gasteiger partial charge is 0.316 e. The molecule has 0 heterocycles. The number of hydrogen-bond acceptors (Lipinski definition) is 2. The first-order valence-corrected chi connectivity index (χ1v) is 6.22. The Labute approximate surface area is 105 Å². The first kappa shape index (κ1) is 13.7. The summed E-state index contributed by atoms with van der Waals surface area (Å²) in [5, 5.41) is 11.9. The maximum absolute atomic E-state index is 8.46. The lowest BCUT2D eigenvalue weighted by atomic mass is 9.82. The number of aryl methyl sites for hydroxylation is 1. The first-order valence-electron chi connectivity index (χ1n) is 6.22. The second-order valence-corrected chi connectivity index (χ2v) is 5.14. The van der Waals surface area contributed by atoms with E-state index in [0.29, 0.717) is 6.42 Å². The molecule has 1 aromatic carbocycles. The maximum atomic E-state index is 8.46. The summed E-state index contributed by atoms with van der Waals surface area (Å²) in [7, 11) is 0. The molecule has 0 aliphatic rings. The van der Waals surface area contributed by atoms with E-state index >= 15 is 0 Å². The normalized spacial score (nSPS) is 11.2. The Kier molecular flexibility index (Phi) is 5.18. The third kappa shape index (κ3) is 4.20. The highest BCUT2D eigenvalue weighted by atomic mass is 14.9. The van der Waals surface area contributed by atoms with E-state index < -0.39 is 0 Å². The van der Waals surface area contributed by atoms with Gasteiger partial charge in [0.1, 0.15) is 0 Å². The van der Waals surface area contributed by atoms with Crippen LogP contribution in [0.25, 0.3) is 0 Å². The molecule has 0 aliphatic heterocycles. The number of nitrogens with zero attached hydrogens (tertiary/aromatic N) is 1. The van der Waals surface area contributed by atoms with Crippen LogP contribution in [0.1, 0.15) is 37.8 Å². The second kappa shape index (κ2) is 6.42. The zero-order chi connectivity index (χ0) is 12.7. The molecular weight excluding hydrogens is 208 g/mol. The van der Waals surface area contributed by atoms with Crippen LogP contribution in [0.4, 0.5) is 0 Å². The minimum atomic E-state index is 0.137. The van der Waals surface area contributed by atoms with Crippen molar-refractivity contribution in [1.29, 1.82) is 5.26 Å². The molecule has 2 nitrogen and oxygen atoms in total. The molecule has 0 aromatic heterocycles. The zero-order valence-electron chi connectivity index (χ0n) is 11.1. The van der Waals surface area contributed by atoms with Gasteiger partial charge in [-0.25, -0.2) is 0 Å². The van der Waals surface area contributed by atoms with Crippen LogP contribution in [-0.2, 0) is 5.41 Å². The summed E-state index contributed by atoms with van der Waals surface area (Å²) < 4.78 is 0. The van der Waals surface area contributed by atoms with Crippen molar-refractivity contribution in [2.45, 2.75) is 39.0 Å². The van der Waals surface area contributed by atoms with E-state index in [1.54, 1.807) is 0 Å². The molecule has 2 heteroatoms. The van der Waals surface area contributed by atoms with E-state index in [1.165, 1.54) is 11.1 Å². The number of rotatable bonds is 6. The van der Waals surface area contributed by atoms with Crippen LogP contribution in [0.3, 0.4) is 0 Å². The Balaban J connectivity index is 2.51. The van der Waals surface area contributed by atoms with Gasteiger partial charge in [0.2, 0.25) is 0 Å². The minimum absolute atomic E-state index is 0.137. The summed E-state index contributed by atoms with van der Waals surface area (Å²) in [6.07, 6.45) is 1.57. The predicted octanol–water partition coefficient (Wildman–Crippen LogP) is 3.17. The minimum Gasteiger partial charge on any atom is -0.316 e. The number of unbranched alkanes of at least 4 members (excludes halogenated alkanes) is 1. The molecule has 0 fully saturated rings. The SMILES string of the molecule is Cc1ccccc1C(C)(C)CNCCCC#N. The molecule has 0 radical (unpaired) electrons. The van der Waals surface area contributed by atoms with Gasteiger partial charge in [0.25, 0.3) is 0 Å². The van der Waals surface area contributed by atoms with Crippen molar-refractivity contribution in [1.82, 2.24) is 5.32 Å². The molecule has 0 unspecified atom stereocenters. The molecular formula is C15H22N2. The van der Waals surface area contributed by atoms with Gasteiger partial charge < -0.3 is 5.32 Å². The van der Waals surface area contributed by atoms with E-state index in [-0.39, 0.29) is 5.41 Å². The van der Waals surface area contributed by atoms with Crippen molar-refractivity contribution in [2.24, 2.45) is 0 Å². The molecule has 1 rings (SSSR count). The maximum Gasteiger partial charge on any atom is 0.0622 e. The lowest BCUT2D eigenvalue weighted by Crippen LogP contribution is -2.34. The highest BCUT2D eigenvalue weighted by Crippen LogP contribution is 2.25. The molecule has 1 aromatic rings. The second-order valence-electron chi connectivity index (χ2n) is 5.14. The summed E-state index contributed by atoms with van der Waals surface area (Å²) >= 11 is 0. The van der Waals surface area contributed by atoms with Gasteiger partial charge in [-0.05, 0) is 31.0 Å². The lowest BCUT2D eigenvalue weighted by molar-refractivity contribution is 0.465. The highest BCUT2D eigenvalue weighted by Gasteiger charge is 2.21. The monoisotopic (exact) mass is 230 g/mol. The zero-order valence-corrected chi connectivity index (χ0v) is 11.1. The van der Waals surface area contributed by atoms with E-state index in [9.17, 15) is 0 Å². The molecule has 92 valence electrons. The third-order valence-electron chi connectivity index (χ3n) is 3.08. The van der Waals surface area contributed by atoms with Gasteiger partial charge in [0.05, 0.1) is 6.07 Å². The van der Waals surface area contributed by atoms with Gasteiger partial charge in [0.15, 0.2) is 0 Å². The van der Waals surface area contributed by atoms with Crippen LogP contribution in [0, 0.1) is 18.3 Å². The Morgan fingerprint density at radius 1 is 1.29 bits per heavy atom. The topological polar surface area (TPSA) is 35.8 Å². The third-order valence-corrected chi connectivity index (χ3v) is 3.08. The first-order chi connectivity index (χ1) is 8.08. The quantitative estimate of drug-likeness (QED) is 0.762. The van der Waals surface area contributed by atoms with Crippen molar-refractivity contribution in [3.63, 3.8) is 0 Å². The average molecular weight is 230 g/mol. The van der Waals surface area contributed by atoms with Gasteiger partial charge in [0, 0.05) is 18.4 Å². The Morgan fingerprint density at radius 3 is 2.65 bits per heavy atom. The van der Waals surface area contributed by atoms with Crippen LogP contribution in [-0.4, -0.2) is 13.1 Å². The molecule has 0 atom stereocenters. The number of nitrogens with one attached hydrogen (secondary N) is 1. The Morgan fingerprint density at radius 2 is 2.00 bits per heavy atom. The van der Waals surface area contributed by atoms with Gasteiger partial charge in [-0.3, -0.25) is 0 Å². The molecule has 17 heavy (non-hydrogen) atoms. The standard InChI is InChI=1S/C15H22N2/c1-13-8-4-5-9-14(13)15(2,3)12-17-11-7-6-10-16/h4-5,8-9,17H,6-7,11-12H2,1-3H3. The smallest absolute Gasteiger partial charge is 0.0622 e. The van der Waals surface area contributed by atoms with E-state index in [2.05, 4.69) is 56.4 Å². The fourth-order valence-electron chi connectivity index (χ4n) is 2.12. The van der Waals surface area contributed by atoms with E-state index in [1.807, 2.05) is 0 Å². The van der Waals surface area contributed by atoms with Crippen LogP contribution < -0.4 is 5.32 Å². The molecule has 0 aliphatic carbocycles. The van der Waals surface area contributed by atoms with E-state index in [0.717, 1.165) is 19.5 Å². The van der Waals surface area contributed by atoms with Crippen LogP contribution >= 0.6 is 0 Å². The van der Waals surface area contributed by atoms with Crippen molar-refractivity contribution < 1.29 is 0 Å².